The van der Waals surface area contributed by atoms with E-state index in [-0.39, 0.29) is 10.7 Å². The fourth-order valence-corrected chi connectivity index (χ4v) is 2.07. The number of aryl methyl sites for hydroxylation is 1. The van der Waals surface area contributed by atoms with Crippen molar-refractivity contribution in [3.63, 3.8) is 0 Å². The number of nitrogens with zero attached hydrogens (tertiary/aromatic N) is 2. The van der Waals surface area contributed by atoms with Crippen LogP contribution in [0.5, 0.6) is 5.75 Å². The molecule has 19 heavy (non-hydrogen) atoms. The van der Waals surface area contributed by atoms with Gasteiger partial charge in [-0.3, -0.25) is 9.36 Å². The molecule has 4 nitrogen and oxygen atoms in total. The lowest BCUT2D eigenvalue weighted by atomic mass is 10.2. The van der Waals surface area contributed by atoms with E-state index >= 15 is 0 Å². The highest BCUT2D eigenvalue weighted by Crippen LogP contribution is 2.13. The average molecular weight is 279 g/mol. The smallest absolute Gasteiger partial charge is 0.255 e. The van der Waals surface area contributed by atoms with Crippen molar-refractivity contribution in [3.8, 4) is 5.75 Å². The molecule has 2 rings (SSSR count). The Morgan fingerprint density at radius 1 is 1.32 bits per heavy atom. The molecule has 0 saturated carbocycles. The second kappa shape index (κ2) is 5.89. The van der Waals surface area contributed by atoms with E-state index in [4.69, 9.17) is 16.3 Å². The molecular formula is C14H15ClN2O2. The van der Waals surface area contributed by atoms with Crippen molar-refractivity contribution >= 4 is 11.6 Å². The molecule has 0 unspecified atom stereocenters. The van der Waals surface area contributed by atoms with Gasteiger partial charge in [0.1, 0.15) is 16.7 Å². The van der Waals surface area contributed by atoms with Crippen LogP contribution in [0.15, 0.2) is 35.1 Å². The quantitative estimate of drug-likeness (QED) is 0.807. The van der Waals surface area contributed by atoms with Crippen LogP contribution in [0, 0.1) is 0 Å². The summed E-state index contributed by atoms with van der Waals surface area (Å²) in [7, 11) is 1.62. The first kappa shape index (κ1) is 13.6. The first-order valence-corrected chi connectivity index (χ1v) is 6.41. The molecule has 0 fully saturated rings. The maximum absolute atomic E-state index is 12.0. The SMILES string of the molecule is CCc1nc(Cl)cc(=O)n1Cc1ccc(OC)cc1. The number of hydrogen-bond acceptors (Lipinski definition) is 3. The first-order chi connectivity index (χ1) is 9.13. The van der Waals surface area contributed by atoms with Crippen LogP contribution in [0.3, 0.4) is 0 Å². The number of halogens is 1. The van der Waals surface area contributed by atoms with Crippen LogP contribution >= 0.6 is 11.6 Å². The zero-order chi connectivity index (χ0) is 13.8. The summed E-state index contributed by atoms with van der Waals surface area (Å²) in [6.45, 7) is 2.43. The van der Waals surface area contributed by atoms with Crippen molar-refractivity contribution in [2.24, 2.45) is 0 Å². The van der Waals surface area contributed by atoms with Gasteiger partial charge in [0.25, 0.3) is 5.56 Å². The predicted octanol–water partition coefficient (Wildman–Crippen LogP) is 2.52. The highest BCUT2D eigenvalue weighted by atomic mass is 35.5. The maximum atomic E-state index is 12.0. The lowest BCUT2D eigenvalue weighted by molar-refractivity contribution is 0.414. The van der Waals surface area contributed by atoms with E-state index < -0.39 is 0 Å². The Kier molecular flexibility index (Phi) is 4.22. The summed E-state index contributed by atoms with van der Waals surface area (Å²) < 4.78 is 6.74. The summed E-state index contributed by atoms with van der Waals surface area (Å²) >= 11 is 5.80. The van der Waals surface area contributed by atoms with E-state index in [2.05, 4.69) is 4.98 Å². The standard InChI is InChI=1S/C14H15ClN2O2/c1-3-13-16-12(15)8-14(18)17(13)9-10-4-6-11(19-2)7-5-10/h4-8H,3,9H2,1-2H3. The summed E-state index contributed by atoms with van der Waals surface area (Å²) in [6, 6.07) is 8.94. The lowest BCUT2D eigenvalue weighted by Crippen LogP contribution is -2.24. The van der Waals surface area contributed by atoms with Crippen molar-refractivity contribution in [2.75, 3.05) is 7.11 Å². The second-order valence-electron chi connectivity index (χ2n) is 4.12. The predicted molar refractivity (Wildman–Crippen MR) is 75.0 cm³/mol. The minimum absolute atomic E-state index is 0.132. The fourth-order valence-electron chi connectivity index (χ4n) is 1.88. The van der Waals surface area contributed by atoms with Gasteiger partial charge < -0.3 is 4.74 Å². The van der Waals surface area contributed by atoms with Crippen LogP contribution in [0.4, 0.5) is 0 Å². The molecule has 0 amide bonds. The number of methoxy groups -OCH3 is 1. The number of aromatic nitrogens is 2. The molecule has 2 aromatic rings. The number of ether oxygens (including phenoxy) is 1. The largest absolute Gasteiger partial charge is 0.497 e. The van der Waals surface area contributed by atoms with E-state index in [9.17, 15) is 4.79 Å². The van der Waals surface area contributed by atoms with Crippen molar-refractivity contribution in [1.82, 2.24) is 9.55 Å². The first-order valence-electron chi connectivity index (χ1n) is 6.03. The summed E-state index contributed by atoms with van der Waals surface area (Å²) in [5.41, 5.74) is 0.884. The van der Waals surface area contributed by atoms with Gasteiger partial charge in [0.15, 0.2) is 0 Å². The van der Waals surface area contributed by atoms with Gasteiger partial charge in [0.05, 0.1) is 13.7 Å². The zero-order valence-corrected chi connectivity index (χ0v) is 11.6. The summed E-state index contributed by atoms with van der Waals surface area (Å²) in [5.74, 6) is 1.48. The molecule has 1 aromatic heterocycles. The van der Waals surface area contributed by atoms with E-state index in [1.807, 2.05) is 31.2 Å². The topological polar surface area (TPSA) is 44.1 Å². The lowest BCUT2D eigenvalue weighted by Gasteiger charge is -2.11. The van der Waals surface area contributed by atoms with Crippen molar-refractivity contribution in [1.29, 1.82) is 0 Å². The van der Waals surface area contributed by atoms with Gasteiger partial charge in [-0.1, -0.05) is 30.7 Å². The van der Waals surface area contributed by atoms with E-state index in [0.29, 0.717) is 18.8 Å². The minimum Gasteiger partial charge on any atom is -0.497 e. The number of hydrogen-bond donors (Lipinski definition) is 0. The normalized spacial score (nSPS) is 10.5. The van der Waals surface area contributed by atoms with E-state index in [1.54, 1.807) is 11.7 Å². The molecule has 100 valence electrons. The van der Waals surface area contributed by atoms with Gasteiger partial charge in [-0.05, 0) is 17.7 Å². The van der Waals surface area contributed by atoms with Crippen molar-refractivity contribution < 1.29 is 4.74 Å². The van der Waals surface area contributed by atoms with Crippen LogP contribution in [-0.2, 0) is 13.0 Å². The van der Waals surface area contributed by atoms with E-state index in [0.717, 1.165) is 11.3 Å². The molecular weight excluding hydrogens is 264 g/mol. The molecule has 0 saturated heterocycles. The Bertz CT molecular complexity index is 620. The highest BCUT2D eigenvalue weighted by Gasteiger charge is 2.07. The molecule has 5 heteroatoms. The monoisotopic (exact) mass is 278 g/mol. The van der Waals surface area contributed by atoms with E-state index in [1.165, 1.54) is 6.07 Å². The average Bonchev–Trinajstić information content (AvgIpc) is 2.42. The van der Waals surface area contributed by atoms with Gasteiger partial charge in [-0.25, -0.2) is 4.98 Å². The molecule has 1 aromatic carbocycles. The third-order valence-corrected chi connectivity index (χ3v) is 3.07. The molecule has 0 bridgehead atoms. The maximum Gasteiger partial charge on any atom is 0.255 e. The summed E-state index contributed by atoms with van der Waals surface area (Å²) in [6.07, 6.45) is 0.659. The molecule has 0 atom stereocenters. The Morgan fingerprint density at radius 2 is 2.00 bits per heavy atom. The van der Waals surface area contributed by atoms with Crippen LogP contribution < -0.4 is 10.3 Å². The Labute approximate surface area is 116 Å². The zero-order valence-electron chi connectivity index (χ0n) is 10.9. The van der Waals surface area contributed by atoms with Crippen LogP contribution in [0.1, 0.15) is 18.3 Å². The summed E-state index contributed by atoms with van der Waals surface area (Å²) in [5, 5.41) is 0.243. The third kappa shape index (κ3) is 3.15. The van der Waals surface area contributed by atoms with Gasteiger partial charge >= 0.3 is 0 Å². The van der Waals surface area contributed by atoms with Crippen LogP contribution in [0.25, 0.3) is 0 Å². The van der Waals surface area contributed by atoms with Crippen molar-refractivity contribution in [2.45, 2.75) is 19.9 Å². The van der Waals surface area contributed by atoms with Crippen LogP contribution in [0.2, 0.25) is 5.15 Å². The van der Waals surface area contributed by atoms with Gasteiger partial charge in [0.2, 0.25) is 0 Å². The third-order valence-electron chi connectivity index (χ3n) is 2.87. The Morgan fingerprint density at radius 3 is 2.58 bits per heavy atom. The van der Waals surface area contributed by atoms with Gasteiger partial charge in [-0.2, -0.15) is 0 Å². The molecule has 0 N–H and O–H groups in total. The Balaban J connectivity index is 2.34. The second-order valence-corrected chi connectivity index (χ2v) is 4.51. The molecule has 0 aliphatic rings. The number of benzene rings is 1. The molecule has 0 radical (unpaired) electrons. The van der Waals surface area contributed by atoms with Gasteiger partial charge in [-0.15, -0.1) is 0 Å². The number of rotatable bonds is 4. The Hall–Kier alpha value is -1.81. The van der Waals surface area contributed by atoms with Crippen molar-refractivity contribution in [3.05, 3.63) is 57.2 Å². The summed E-state index contributed by atoms with van der Waals surface area (Å²) in [4.78, 5) is 16.1. The highest BCUT2D eigenvalue weighted by molar-refractivity contribution is 6.29. The van der Waals surface area contributed by atoms with Gasteiger partial charge in [0, 0.05) is 12.5 Å². The molecule has 0 spiro atoms. The fraction of sp³-hybridized carbons (Fsp3) is 0.286. The molecule has 1 heterocycles. The van der Waals surface area contributed by atoms with Crippen LogP contribution in [-0.4, -0.2) is 16.7 Å². The molecule has 0 aliphatic heterocycles. The molecule has 0 aliphatic carbocycles. The minimum atomic E-state index is -0.132.